The summed E-state index contributed by atoms with van der Waals surface area (Å²) in [5, 5.41) is 0. The Bertz CT molecular complexity index is 285. The first-order valence-electron chi connectivity index (χ1n) is 5.12. The second-order valence-electron chi connectivity index (χ2n) is 4.98. The van der Waals surface area contributed by atoms with Gasteiger partial charge in [-0.05, 0) is 27.7 Å². The van der Waals surface area contributed by atoms with Crippen LogP contribution in [0.5, 0.6) is 0 Å². The Balaban J connectivity index is 2.67. The molecule has 4 atom stereocenters. The van der Waals surface area contributed by atoms with Crippen LogP contribution in [0.25, 0.3) is 0 Å². The molecule has 0 saturated carbocycles. The maximum atomic E-state index is 11.8. The van der Waals surface area contributed by atoms with E-state index in [9.17, 15) is 9.00 Å². The van der Waals surface area contributed by atoms with Gasteiger partial charge in [0.1, 0.15) is 12.1 Å². The third-order valence-corrected chi connectivity index (χ3v) is 4.19. The topological polar surface area (TPSA) is 55.4 Å². The Labute approximate surface area is 93.4 Å². The monoisotopic (exact) mass is 233 g/mol. The molecule has 1 N–H and O–H groups in total. The van der Waals surface area contributed by atoms with Crippen LogP contribution in [0.3, 0.4) is 0 Å². The van der Waals surface area contributed by atoms with Crippen LogP contribution in [0.1, 0.15) is 34.6 Å². The maximum Gasteiger partial charge on any atom is 0.324 e. The lowest BCUT2D eigenvalue weighted by molar-refractivity contribution is -0.142. The quantitative estimate of drug-likeness (QED) is 0.724. The molecule has 1 heterocycles. The maximum absolute atomic E-state index is 11.8. The molecule has 88 valence electrons. The second-order valence-corrected chi connectivity index (χ2v) is 6.98. The molecule has 0 amide bonds. The molecule has 1 saturated heterocycles. The van der Waals surface area contributed by atoms with Crippen molar-refractivity contribution in [1.82, 2.24) is 4.72 Å². The molecule has 0 aromatic rings. The fourth-order valence-corrected chi connectivity index (χ4v) is 2.19. The van der Waals surface area contributed by atoms with Crippen molar-refractivity contribution < 1.29 is 13.7 Å². The number of carbonyl (C=O) groups excluding carboxylic acids is 1. The Hall–Kier alpha value is -0.420. The Morgan fingerprint density at radius 3 is 2.20 bits per heavy atom. The van der Waals surface area contributed by atoms with Crippen LogP contribution >= 0.6 is 0 Å². The molecule has 0 aromatic heterocycles. The van der Waals surface area contributed by atoms with Crippen LogP contribution < -0.4 is 4.72 Å². The fourth-order valence-electron chi connectivity index (χ4n) is 1.30. The molecule has 0 aliphatic carbocycles. The van der Waals surface area contributed by atoms with Crippen molar-refractivity contribution in [1.29, 1.82) is 0 Å². The van der Waals surface area contributed by atoms with Crippen LogP contribution in [0.4, 0.5) is 0 Å². The summed E-state index contributed by atoms with van der Waals surface area (Å²) in [7, 11) is -1.23. The van der Waals surface area contributed by atoms with E-state index in [1.807, 2.05) is 34.6 Å². The van der Waals surface area contributed by atoms with Crippen molar-refractivity contribution in [2.45, 2.75) is 51.5 Å². The predicted octanol–water partition coefficient (Wildman–Crippen LogP) is 0.988. The van der Waals surface area contributed by atoms with Crippen molar-refractivity contribution in [3.8, 4) is 0 Å². The number of carbonyl (C=O) groups is 1. The molecular formula is C10H19NO3S. The lowest BCUT2D eigenvalue weighted by Gasteiger charge is -2.21. The first-order chi connectivity index (χ1) is 6.73. The van der Waals surface area contributed by atoms with Gasteiger partial charge in [-0.25, -0.2) is 8.93 Å². The molecule has 1 aliphatic rings. The van der Waals surface area contributed by atoms with Crippen molar-refractivity contribution in [3.05, 3.63) is 0 Å². The van der Waals surface area contributed by atoms with E-state index in [0.29, 0.717) is 0 Å². The van der Waals surface area contributed by atoms with E-state index in [1.54, 1.807) is 0 Å². The SMILES string of the molecule is C[C@H]1[C@H](C)OC(=O)[C@@H]1N[S@@](=O)C(C)(C)C. The van der Waals surface area contributed by atoms with Crippen LogP contribution in [-0.2, 0) is 20.5 Å². The summed E-state index contributed by atoms with van der Waals surface area (Å²) in [5.41, 5.74) is 0. The molecule has 1 aliphatic heterocycles. The van der Waals surface area contributed by atoms with Crippen LogP contribution in [0.15, 0.2) is 0 Å². The zero-order valence-electron chi connectivity index (χ0n) is 9.87. The highest BCUT2D eigenvalue weighted by molar-refractivity contribution is 7.84. The highest BCUT2D eigenvalue weighted by Crippen LogP contribution is 2.23. The van der Waals surface area contributed by atoms with Crippen molar-refractivity contribution in [2.24, 2.45) is 5.92 Å². The van der Waals surface area contributed by atoms with Crippen molar-refractivity contribution in [3.63, 3.8) is 0 Å². The molecule has 15 heavy (non-hydrogen) atoms. The number of hydrogen-bond acceptors (Lipinski definition) is 3. The van der Waals surface area contributed by atoms with Gasteiger partial charge in [-0.15, -0.1) is 0 Å². The van der Waals surface area contributed by atoms with E-state index in [4.69, 9.17) is 4.74 Å². The van der Waals surface area contributed by atoms with E-state index in [2.05, 4.69) is 4.72 Å². The third-order valence-electron chi connectivity index (χ3n) is 2.61. The smallest absolute Gasteiger partial charge is 0.324 e. The number of nitrogens with one attached hydrogen (secondary N) is 1. The Morgan fingerprint density at radius 2 is 1.87 bits per heavy atom. The minimum absolute atomic E-state index is 0.0591. The van der Waals surface area contributed by atoms with Crippen molar-refractivity contribution >= 4 is 17.0 Å². The lowest BCUT2D eigenvalue weighted by Crippen LogP contribution is -2.44. The highest BCUT2D eigenvalue weighted by atomic mass is 32.2. The Kier molecular flexibility index (Phi) is 3.55. The summed E-state index contributed by atoms with van der Waals surface area (Å²) >= 11 is 0. The minimum Gasteiger partial charge on any atom is -0.461 e. The molecule has 0 bridgehead atoms. The van der Waals surface area contributed by atoms with Gasteiger partial charge in [0.05, 0.1) is 15.7 Å². The largest absolute Gasteiger partial charge is 0.461 e. The number of ether oxygens (including phenoxy) is 1. The number of rotatable bonds is 2. The van der Waals surface area contributed by atoms with Gasteiger partial charge in [-0.1, -0.05) is 6.92 Å². The summed E-state index contributed by atoms with van der Waals surface area (Å²) in [5.74, 6) is -0.239. The van der Waals surface area contributed by atoms with Crippen LogP contribution in [0.2, 0.25) is 0 Å². The standard InChI is InChI=1S/C10H19NO3S/c1-6-7(2)14-9(12)8(6)11-15(13)10(3,4)5/h6-8,11H,1-5H3/t6-,7-,8+,15-/m0/s1. The minimum atomic E-state index is -1.23. The summed E-state index contributed by atoms with van der Waals surface area (Å²) in [6, 6.07) is -0.444. The van der Waals surface area contributed by atoms with E-state index < -0.39 is 17.0 Å². The van der Waals surface area contributed by atoms with Crippen LogP contribution in [0, 0.1) is 5.92 Å². The second kappa shape index (κ2) is 4.22. The van der Waals surface area contributed by atoms with Gasteiger partial charge in [-0.2, -0.15) is 0 Å². The molecule has 0 radical (unpaired) electrons. The molecule has 4 nitrogen and oxygen atoms in total. The van der Waals surface area contributed by atoms with Crippen LogP contribution in [-0.4, -0.2) is 27.1 Å². The number of cyclic esters (lactones) is 1. The molecule has 1 rings (SSSR count). The van der Waals surface area contributed by atoms with Gasteiger partial charge in [-0.3, -0.25) is 4.79 Å². The average molecular weight is 233 g/mol. The Morgan fingerprint density at radius 1 is 1.33 bits per heavy atom. The van der Waals surface area contributed by atoms with E-state index >= 15 is 0 Å². The van der Waals surface area contributed by atoms with Gasteiger partial charge in [0.2, 0.25) is 0 Å². The van der Waals surface area contributed by atoms with Gasteiger partial charge in [0, 0.05) is 5.92 Å². The molecule has 0 unspecified atom stereocenters. The molecule has 5 heteroatoms. The lowest BCUT2D eigenvalue weighted by atomic mass is 10.0. The fraction of sp³-hybridized carbons (Fsp3) is 0.900. The van der Waals surface area contributed by atoms with E-state index in [0.717, 1.165) is 0 Å². The molecule has 0 aromatic carbocycles. The first kappa shape index (κ1) is 12.6. The predicted molar refractivity (Wildman–Crippen MR) is 59.5 cm³/mol. The van der Waals surface area contributed by atoms with Gasteiger partial charge in [0.15, 0.2) is 0 Å². The highest BCUT2D eigenvalue weighted by Gasteiger charge is 2.41. The van der Waals surface area contributed by atoms with Crippen molar-refractivity contribution in [2.75, 3.05) is 0 Å². The number of esters is 1. The van der Waals surface area contributed by atoms with Gasteiger partial charge < -0.3 is 4.74 Å². The number of hydrogen-bond donors (Lipinski definition) is 1. The summed E-state index contributed by atoms with van der Waals surface area (Å²) in [6.07, 6.45) is -0.105. The van der Waals surface area contributed by atoms with E-state index in [-0.39, 0.29) is 22.7 Å². The van der Waals surface area contributed by atoms with Gasteiger partial charge in [0.25, 0.3) is 0 Å². The molecule has 1 fully saturated rings. The average Bonchev–Trinajstić information content (AvgIpc) is 2.30. The zero-order chi connectivity index (χ0) is 11.8. The summed E-state index contributed by atoms with van der Waals surface area (Å²) in [4.78, 5) is 11.4. The summed E-state index contributed by atoms with van der Waals surface area (Å²) < 4.78 is 19.4. The summed E-state index contributed by atoms with van der Waals surface area (Å²) in [6.45, 7) is 9.37. The third kappa shape index (κ3) is 2.78. The molecular weight excluding hydrogens is 214 g/mol. The van der Waals surface area contributed by atoms with E-state index in [1.165, 1.54) is 0 Å². The molecule has 0 spiro atoms. The van der Waals surface area contributed by atoms with Gasteiger partial charge >= 0.3 is 5.97 Å². The normalized spacial score (nSPS) is 33.9. The first-order valence-corrected chi connectivity index (χ1v) is 6.27. The zero-order valence-corrected chi connectivity index (χ0v) is 10.7.